The Kier molecular flexibility index (Phi) is 19.6. The molecule has 0 aliphatic carbocycles. The third-order valence-corrected chi connectivity index (χ3v) is 0.406. The van der Waals surface area contributed by atoms with Gasteiger partial charge in [-0.15, -0.1) is 0 Å². The molecule has 5 N–H and O–H groups in total. The minimum Gasteiger partial charge on any atom is -0.412 e. The van der Waals surface area contributed by atoms with Crippen LogP contribution in [0, 0.1) is 0 Å². The Bertz CT molecular complexity index is 71.8. The summed E-state index contributed by atoms with van der Waals surface area (Å²) in [5, 5.41) is 6.21. The van der Waals surface area contributed by atoms with E-state index in [1.54, 1.807) is 12.4 Å². The van der Waals surface area contributed by atoms with Crippen LogP contribution in [0.3, 0.4) is 0 Å². The second-order valence-corrected chi connectivity index (χ2v) is 0.766. The van der Waals surface area contributed by atoms with E-state index in [-0.39, 0.29) is 34.0 Å². The van der Waals surface area contributed by atoms with Crippen molar-refractivity contribution < 1.29 is 11.0 Å². The Hall–Kier alpha value is -0.104. The lowest BCUT2D eigenvalue weighted by Gasteiger charge is -1.49. The lowest BCUT2D eigenvalue weighted by Crippen LogP contribution is -1.53. The van der Waals surface area contributed by atoms with Crippen LogP contribution in [-0.2, 0) is 0 Å². The van der Waals surface area contributed by atoms with E-state index in [9.17, 15) is 0 Å². The van der Waals surface area contributed by atoms with Crippen molar-refractivity contribution in [3.63, 3.8) is 0 Å². The number of nitrogens with zero attached hydrogens (tertiary/aromatic N) is 1. The molecule has 0 saturated heterocycles. The van der Waals surface area contributed by atoms with Crippen molar-refractivity contribution in [2.45, 2.75) is 0 Å². The zero-order valence-corrected chi connectivity index (χ0v) is 3.68. The molecule has 1 aromatic heterocycles. The van der Waals surface area contributed by atoms with Gasteiger partial charge in [-0.3, -0.25) is 5.10 Å². The second kappa shape index (κ2) is 10.0. The van der Waals surface area contributed by atoms with Crippen molar-refractivity contribution in [1.29, 1.82) is 0 Å². The first-order chi connectivity index (χ1) is 2.50. The van der Waals surface area contributed by atoms with Crippen LogP contribution in [0.25, 0.3) is 0 Å². The van der Waals surface area contributed by atoms with Crippen LogP contribution in [0.5, 0.6) is 0 Å². The highest BCUT2D eigenvalue weighted by Crippen LogP contribution is 1.64. The maximum atomic E-state index is 3.60. The normalized spacial score (nSPS) is 5.00. The van der Waals surface area contributed by atoms with Gasteiger partial charge in [0.2, 0.25) is 0 Å². The molecule has 5 heteroatoms. The summed E-state index contributed by atoms with van der Waals surface area (Å²) in [6, 6.07) is 1.83. The second-order valence-electron chi connectivity index (χ2n) is 0.766. The van der Waals surface area contributed by atoms with Gasteiger partial charge in [-0.1, -0.05) is 0 Å². The zero-order chi connectivity index (χ0) is 3.54. The summed E-state index contributed by atoms with van der Waals surface area (Å²) in [5.74, 6) is 0. The van der Waals surface area contributed by atoms with Crippen LogP contribution < -0.4 is 0 Å². The largest absolute Gasteiger partial charge is 0.412 e. The summed E-state index contributed by atoms with van der Waals surface area (Å²) in [7, 11) is 0. The molecular weight excluding hydrogens is 120 g/mol. The summed E-state index contributed by atoms with van der Waals surface area (Å²) < 4.78 is 0. The summed E-state index contributed by atoms with van der Waals surface area (Å²) in [4.78, 5) is 0. The Morgan fingerprint density at radius 3 is 2.00 bits per heavy atom. The fraction of sp³-hybridized carbons (Fsp3) is 0. The highest BCUT2D eigenvalue weighted by atomic mass is 24.3. The van der Waals surface area contributed by atoms with Crippen LogP contribution >= 0.6 is 0 Å². The van der Waals surface area contributed by atoms with Gasteiger partial charge < -0.3 is 11.0 Å². The van der Waals surface area contributed by atoms with E-state index in [1.807, 2.05) is 6.07 Å². The molecule has 0 unspecified atom stereocenters. The fourth-order valence-corrected chi connectivity index (χ4v) is 0.215. The van der Waals surface area contributed by atoms with E-state index in [0.717, 1.165) is 0 Å². The van der Waals surface area contributed by atoms with E-state index in [0.29, 0.717) is 0 Å². The molecule has 0 aliphatic heterocycles. The molecule has 8 heavy (non-hydrogen) atoms. The molecule has 4 nitrogen and oxygen atoms in total. The average Bonchev–Trinajstić information content (AvgIpc) is 1.76. The molecule has 0 aliphatic rings. The topological polar surface area (TPSA) is 91.7 Å². The smallest absolute Gasteiger partial charge is 0.316 e. The summed E-state index contributed by atoms with van der Waals surface area (Å²) in [5.41, 5.74) is 0. The lowest BCUT2D eigenvalue weighted by atomic mass is 10.8. The molecule has 1 aromatic rings. The molecule has 46 valence electrons. The monoisotopic (exact) mass is 130 g/mol. The molecule has 0 fully saturated rings. The SMILES string of the molecule is O.O.[MgH2].c1cn[nH]c1. The summed E-state index contributed by atoms with van der Waals surface area (Å²) in [6.07, 6.45) is 3.46. The molecular formula is C3H10MgN2O2. The Morgan fingerprint density at radius 1 is 1.25 bits per heavy atom. The average molecular weight is 130 g/mol. The van der Waals surface area contributed by atoms with Gasteiger partial charge in [0.25, 0.3) is 0 Å². The molecule has 1 rings (SSSR count). The van der Waals surface area contributed by atoms with E-state index < -0.39 is 0 Å². The third kappa shape index (κ3) is 5.90. The van der Waals surface area contributed by atoms with Crippen LogP contribution in [0.15, 0.2) is 18.5 Å². The summed E-state index contributed by atoms with van der Waals surface area (Å²) in [6.45, 7) is 0. The van der Waals surface area contributed by atoms with Crippen molar-refractivity contribution in [1.82, 2.24) is 10.2 Å². The molecule has 1 heterocycles. The van der Waals surface area contributed by atoms with Gasteiger partial charge >= 0.3 is 23.1 Å². The van der Waals surface area contributed by atoms with Crippen LogP contribution in [0.1, 0.15) is 0 Å². The lowest BCUT2D eigenvalue weighted by molar-refractivity contribution is 0.823. The number of hydrogen-bond acceptors (Lipinski definition) is 1. The van der Waals surface area contributed by atoms with Crippen molar-refractivity contribution >= 4 is 23.1 Å². The first-order valence-electron chi connectivity index (χ1n) is 1.44. The number of aromatic amines is 1. The van der Waals surface area contributed by atoms with Gasteiger partial charge in [-0.2, -0.15) is 5.10 Å². The minimum atomic E-state index is 0. The first-order valence-corrected chi connectivity index (χ1v) is 1.44. The molecule has 0 atom stereocenters. The fourth-order valence-electron chi connectivity index (χ4n) is 0.215. The van der Waals surface area contributed by atoms with Gasteiger partial charge in [-0.25, -0.2) is 0 Å². The van der Waals surface area contributed by atoms with Crippen LogP contribution in [0.4, 0.5) is 0 Å². The van der Waals surface area contributed by atoms with Gasteiger partial charge in [0, 0.05) is 12.4 Å². The zero-order valence-electron chi connectivity index (χ0n) is 3.68. The number of aromatic nitrogens is 2. The molecule has 0 radical (unpaired) electrons. The third-order valence-electron chi connectivity index (χ3n) is 0.406. The number of rotatable bonds is 0. The number of nitrogens with one attached hydrogen (secondary N) is 1. The quantitative estimate of drug-likeness (QED) is 0.398. The van der Waals surface area contributed by atoms with Gasteiger partial charge in [-0.05, 0) is 6.07 Å². The van der Waals surface area contributed by atoms with E-state index >= 15 is 0 Å². The predicted octanol–water partition coefficient (Wildman–Crippen LogP) is -2.16. The van der Waals surface area contributed by atoms with Gasteiger partial charge in [0.1, 0.15) is 0 Å². The van der Waals surface area contributed by atoms with Gasteiger partial charge in [0.15, 0.2) is 0 Å². The first kappa shape index (κ1) is 15.7. The highest BCUT2D eigenvalue weighted by Gasteiger charge is 1.56. The Labute approximate surface area is 63.1 Å². The van der Waals surface area contributed by atoms with E-state index in [4.69, 9.17) is 0 Å². The Morgan fingerprint density at radius 2 is 1.88 bits per heavy atom. The molecule has 0 spiro atoms. The van der Waals surface area contributed by atoms with Crippen LogP contribution in [-0.4, -0.2) is 44.2 Å². The van der Waals surface area contributed by atoms with E-state index in [1.165, 1.54) is 0 Å². The molecule has 0 aromatic carbocycles. The maximum Gasteiger partial charge on any atom is 0.316 e. The molecule has 0 amide bonds. The number of hydrogen-bond donors (Lipinski definition) is 1. The van der Waals surface area contributed by atoms with E-state index in [2.05, 4.69) is 10.2 Å². The van der Waals surface area contributed by atoms with Gasteiger partial charge in [0.05, 0.1) is 0 Å². The van der Waals surface area contributed by atoms with Crippen LogP contribution in [0.2, 0.25) is 0 Å². The van der Waals surface area contributed by atoms with Crippen molar-refractivity contribution in [3.05, 3.63) is 18.5 Å². The maximum absolute atomic E-state index is 3.60. The Balaban J connectivity index is -0.0000000833. The summed E-state index contributed by atoms with van der Waals surface area (Å²) >= 11 is 0. The standard InChI is InChI=1S/C3H4N2.Mg.2H2O.2H/c1-2-4-5-3-1;;;;;/h1-3H,(H,4,5);;2*1H2;;. The van der Waals surface area contributed by atoms with Crippen molar-refractivity contribution in [3.8, 4) is 0 Å². The minimum absolute atomic E-state index is 0. The predicted molar refractivity (Wildman–Crippen MR) is 34.4 cm³/mol. The van der Waals surface area contributed by atoms with Crippen molar-refractivity contribution in [2.24, 2.45) is 0 Å². The number of H-pyrrole nitrogens is 1. The van der Waals surface area contributed by atoms with Crippen molar-refractivity contribution in [2.75, 3.05) is 0 Å². The molecule has 0 saturated carbocycles. The highest BCUT2D eigenvalue weighted by molar-refractivity contribution is 5.75. The molecule has 0 bridgehead atoms.